The molecule has 0 bridgehead atoms. The zero-order valence-corrected chi connectivity index (χ0v) is 21.2. The third kappa shape index (κ3) is 5.74. The molecular weight excluding hydrogens is 456 g/mol. The number of nitrogens with one attached hydrogen (secondary N) is 2. The zero-order chi connectivity index (χ0) is 24.9. The molecule has 2 aromatic rings. The van der Waals surface area contributed by atoms with E-state index in [0.29, 0.717) is 50.2 Å². The highest BCUT2D eigenvalue weighted by atomic mass is 16.6. The van der Waals surface area contributed by atoms with Gasteiger partial charge in [0.25, 0.3) is 0 Å². The minimum Gasteiger partial charge on any atom is -0.449 e. The van der Waals surface area contributed by atoms with Crippen LogP contribution in [0, 0.1) is 0 Å². The lowest BCUT2D eigenvalue weighted by Crippen LogP contribution is -2.42. The van der Waals surface area contributed by atoms with E-state index in [1.54, 1.807) is 11.0 Å². The van der Waals surface area contributed by atoms with Gasteiger partial charge in [-0.25, -0.2) is 9.78 Å². The number of rotatable bonds is 8. The smallest absolute Gasteiger partial charge is 0.409 e. The lowest BCUT2D eigenvalue weighted by molar-refractivity contribution is 0.0953. The number of carbonyl (C=O) groups excluding carboxylic acids is 1. The van der Waals surface area contributed by atoms with Crippen LogP contribution in [0.5, 0.6) is 0 Å². The highest BCUT2D eigenvalue weighted by Gasteiger charge is 2.27. The molecule has 36 heavy (non-hydrogen) atoms. The summed E-state index contributed by atoms with van der Waals surface area (Å²) in [4.78, 5) is 28.7. The van der Waals surface area contributed by atoms with Crippen LogP contribution in [0.3, 0.4) is 0 Å². The number of nitrogens with zero attached hydrogens (tertiary/aromatic N) is 5. The molecular formula is C26H40N8O2. The number of hydrogen-bond donors (Lipinski definition) is 3. The lowest BCUT2D eigenvalue weighted by atomic mass is 9.92. The fourth-order valence-electron chi connectivity index (χ4n) is 5.70. The molecule has 196 valence electrons. The molecule has 0 aromatic carbocycles. The van der Waals surface area contributed by atoms with Crippen LogP contribution in [0.15, 0.2) is 19.0 Å². The van der Waals surface area contributed by atoms with Gasteiger partial charge in [-0.15, -0.1) is 6.58 Å². The van der Waals surface area contributed by atoms with E-state index in [4.69, 9.17) is 25.4 Å². The first-order valence-corrected chi connectivity index (χ1v) is 13.7. The van der Waals surface area contributed by atoms with Crippen molar-refractivity contribution >= 4 is 29.0 Å². The second-order valence-electron chi connectivity index (χ2n) is 10.5. The van der Waals surface area contributed by atoms with Crippen molar-refractivity contribution in [3.63, 3.8) is 0 Å². The van der Waals surface area contributed by atoms with E-state index in [2.05, 4.69) is 21.8 Å². The Hall–Kier alpha value is -2.88. The van der Waals surface area contributed by atoms with Gasteiger partial charge in [-0.05, 0) is 57.8 Å². The Morgan fingerprint density at radius 2 is 1.78 bits per heavy atom. The number of nitrogens with two attached hydrogens (primary N) is 1. The Bertz CT molecular complexity index is 1030. The maximum absolute atomic E-state index is 12.3. The Kier molecular flexibility index (Phi) is 7.89. The maximum Gasteiger partial charge on any atom is 0.409 e. The average Bonchev–Trinajstić information content (AvgIpc) is 3.56. The van der Waals surface area contributed by atoms with Crippen molar-refractivity contribution in [3.05, 3.63) is 19.0 Å². The Morgan fingerprint density at radius 3 is 2.50 bits per heavy atom. The first kappa shape index (κ1) is 24.8. The number of ether oxygens (including phenoxy) is 1. The minimum absolute atomic E-state index is 0.206. The maximum atomic E-state index is 12.3. The van der Waals surface area contributed by atoms with Crippen LogP contribution in [-0.4, -0.2) is 68.3 Å². The largest absolute Gasteiger partial charge is 0.449 e. The number of carbonyl (C=O) groups is 1. The molecule has 3 heterocycles. The molecule has 4 N–H and O–H groups in total. The molecule has 10 heteroatoms. The summed E-state index contributed by atoms with van der Waals surface area (Å²) in [6.45, 7) is 5.36. The van der Waals surface area contributed by atoms with Crippen molar-refractivity contribution < 1.29 is 9.53 Å². The average molecular weight is 497 g/mol. The van der Waals surface area contributed by atoms with Crippen LogP contribution < -0.4 is 16.4 Å². The second-order valence-corrected chi connectivity index (χ2v) is 10.5. The molecule has 3 aliphatic rings. The molecule has 10 nitrogen and oxygen atoms in total. The molecule has 0 radical (unpaired) electrons. The first-order valence-electron chi connectivity index (χ1n) is 13.7. The highest BCUT2D eigenvalue weighted by Crippen LogP contribution is 2.34. The van der Waals surface area contributed by atoms with Crippen molar-refractivity contribution in [2.75, 3.05) is 30.3 Å². The third-order valence-corrected chi connectivity index (χ3v) is 7.89. The molecule has 0 unspecified atom stereocenters. The highest BCUT2D eigenvalue weighted by molar-refractivity contribution is 5.84. The van der Waals surface area contributed by atoms with Gasteiger partial charge in [-0.3, -0.25) is 0 Å². The quantitative estimate of drug-likeness (QED) is 0.367. The minimum atomic E-state index is -0.242. The lowest BCUT2D eigenvalue weighted by Gasteiger charge is -2.32. The van der Waals surface area contributed by atoms with Crippen LogP contribution in [0.2, 0.25) is 0 Å². The van der Waals surface area contributed by atoms with Crippen LogP contribution >= 0.6 is 0 Å². The number of fused-ring (bicyclic) bond motifs is 1. The SMILES string of the molecule is C=CCCOC(=O)N1CCC(Nc2nc(N[C@H]3CC[C@H](N)CC3)nc3c2ncn3C2CCCC2)CC1. The predicted octanol–water partition coefficient (Wildman–Crippen LogP) is 4.21. The Morgan fingerprint density at radius 1 is 1.06 bits per heavy atom. The molecule has 3 fully saturated rings. The number of aromatic nitrogens is 4. The summed E-state index contributed by atoms with van der Waals surface area (Å²) >= 11 is 0. The van der Waals surface area contributed by atoms with Crippen molar-refractivity contribution in [1.82, 2.24) is 24.4 Å². The molecule has 2 aliphatic carbocycles. The summed E-state index contributed by atoms with van der Waals surface area (Å²) in [5.74, 6) is 1.44. The van der Waals surface area contributed by atoms with Gasteiger partial charge in [0.1, 0.15) is 0 Å². The number of imidazole rings is 1. The number of hydrogen-bond acceptors (Lipinski definition) is 8. The number of likely N-dealkylation sites (tertiary alicyclic amines) is 1. The van der Waals surface area contributed by atoms with Crippen LogP contribution in [0.4, 0.5) is 16.6 Å². The van der Waals surface area contributed by atoms with Crippen molar-refractivity contribution in [2.24, 2.45) is 5.73 Å². The van der Waals surface area contributed by atoms with E-state index in [1.165, 1.54) is 25.7 Å². The Balaban J connectivity index is 1.30. The van der Waals surface area contributed by atoms with Gasteiger partial charge >= 0.3 is 6.09 Å². The summed E-state index contributed by atoms with van der Waals surface area (Å²) in [5.41, 5.74) is 7.83. The number of anilines is 2. The van der Waals surface area contributed by atoms with E-state index in [9.17, 15) is 4.79 Å². The zero-order valence-electron chi connectivity index (χ0n) is 21.2. The van der Waals surface area contributed by atoms with Crippen LogP contribution in [0.25, 0.3) is 11.2 Å². The first-order chi connectivity index (χ1) is 17.6. The molecule has 1 amide bonds. The molecule has 2 saturated carbocycles. The predicted molar refractivity (Wildman–Crippen MR) is 141 cm³/mol. The van der Waals surface area contributed by atoms with Crippen LogP contribution in [0.1, 0.15) is 76.7 Å². The third-order valence-electron chi connectivity index (χ3n) is 7.89. The summed E-state index contributed by atoms with van der Waals surface area (Å²) in [7, 11) is 0. The van der Waals surface area contributed by atoms with Crippen molar-refractivity contribution in [2.45, 2.75) is 94.8 Å². The van der Waals surface area contributed by atoms with E-state index < -0.39 is 0 Å². The molecule has 0 spiro atoms. The van der Waals surface area contributed by atoms with Crippen LogP contribution in [-0.2, 0) is 4.74 Å². The summed E-state index contributed by atoms with van der Waals surface area (Å²) in [5, 5.41) is 7.24. The molecule has 0 atom stereocenters. The standard InChI is InChI=1S/C26H40N8O2/c1-2-3-16-36-26(35)33-14-12-20(13-15-33)29-23-22-24(34(17-28-22)21-6-4-5-7-21)32-25(31-23)30-19-10-8-18(27)9-11-19/h2,17-21H,1,3-16,27H2,(H2,29,30,31,32)/t18-,19-. The fraction of sp³-hybridized carbons (Fsp3) is 0.692. The molecule has 2 aromatic heterocycles. The van der Waals surface area contributed by atoms with Gasteiger partial charge in [0.05, 0.1) is 12.9 Å². The van der Waals surface area contributed by atoms with Crippen molar-refractivity contribution in [1.29, 1.82) is 0 Å². The van der Waals surface area contributed by atoms with Gasteiger partial charge in [0.15, 0.2) is 17.0 Å². The summed E-state index contributed by atoms with van der Waals surface area (Å²) < 4.78 is 7.57. The van der Waals surface area contributed by atoms with E-state index in [-0.39, 0.29) is 12.1 Å². The molecule has 1 saturated heterocycles. The number of piperidine rings is 1. The van der Waals surface area contributed by atoms with Crippen molar-refractivity contribution in [3.8, 4) is 0 Å². The molecule has 1 aliphatic heterocycles. The fourth-order valence-corrected chi connectivity index (χ4v) is 5.70. The summed E-state index contributed by atoms with van der Waals surface area (Å²) in [6.07, 6.45) is 14.7. The normalized spacial score (nSPS) is 23.6. The monoisotopic (exact) mass is 496 g/mol. The van der Waals surface area contributed by atoms with Gasteiger partial charge in [0.2, 0.25) is 5.95 Å². The topological polar surface area (TPSA) is 123 Å². The van der Waals surface area contributed by atoms with Gasteiger partial charge in [-0.1, -0.05) is 18.9 Å². The van der Waals surface area contributed by atoms with Gasteiger partial charge < -0.3 is 30.6 Å². The Labute approximate surface area is 213 Å². The second kappa shape index (κ2) is 11.5. The van der Waals surface area contributed by atoms with Gasteiger partial charge in [-0.2, -0.15) is 9.97 Å². The van der Waals surface area contributed by atoms with E-state index in [0.717, 1.165) is 55.5 Å². The van der Waals surface area contributed by atoms with E-state index in [1.807, 2.05) is 6.33 Å². The molecule has 5 rings (SSSR count). The summed E-state index contributed by atoms with van der Waals surface area (Å²) in [6, 6.07) is 1.30. The number of amides is 1. The van der Waals surface area contributed by atoms with Gasteiger partial charge in [0, 0.05) is 37.3 Å². The van der Waals surface area contributed by atoms with E-state index >= 15 is 0 Å².